The van der Waals surface area contributed by atoms with Gasteiger partial charge in [-0.2, -0.15) is 0 Å². The Bertz CT molecular complexity index is 610. The summed E-state index contributed by atoms with van der Waals surface area (Å²) in [6.07, 6.45) is 0.845. The molecule has 0 amide bonds. The van der Waals surface area contributed by atoms with E-state index in [1.807, 2.05) is 18.2 Å². The monoisotopic (exact) mass is 292 g/mol. The van der Waals surface area contributed by atoms with E-state index in [9.17, 15) is 9.50 Å². The van der Waals surface area contributed by atoms with Gasteiger partial charge >= 0.3 is 0 Å². The van der Waals surface area contributed by atoms with Gasteiger partial charge in [0, 0.05) is 10.6 Å². The number of aliphatic hydroxyl groups is 1. The minimum atomic E-state index is -0.995. The van der Waals surface area contributed by atoms with Crippen LogP contribution in [-0.4, -0.2) is 5.11 Å². The van der Waals surface area contributed by atoms with Crippen molar-refractivity contribution in [3.8, 4) is 0 Å². The van der Waals surface area contributed by atoms with Crippen molar-refractivity contribution in [1.29, 1.82) is 0 Å². The highest BCUT2D eigenvalue weighted by atomic mass is 35.5. The second-order valence-electron chi connectivity index (χ2n) is 4.80. The standard InChI is InChI=1S/C17H18ClFO/c1-3-11-5-6-13(9-12(11)4-2)17(20)15-10-14(18)7-8-16(15)19/h5-10,17,20H,3-4H2,1-2H3. The fraction of sp³-hybridized carbons (Fsp3) is 0.294. The van der Waals surface area contributed by atoms with E-state index in [-0.39, 0.29) is 5.56 Å². The molecule has 0 aromatic heterocycles. The SMILES string of the molecule is CCc1ccc(C(O)c2cc(Cl)ccc2F)cc1CC. The second-order valence-corrected chi connectivity index (χ2v) is 5.24. The van der Waals surface area contributed by atoms with E-state index in [2.05, 4.69) is 13.8 Å². The number of hydrogen-bond donors (Lipinski definition) is 1. The summed E-state index contributed by atoms with van der Waals surface area (Å²) in [7, 11) is 0. The molecule has 0 radical (unpaired) electrons. The zero-order valence-electron chi connectivity index (χ0n) is 11.7. The summed E-state index contributed by atoms with van der Waals surface area (Å²) in [4.78, 5) is 0. The van der Waals surface area contributed by atoms with Crippen LogP contribution < -0.4 is 0 Å². The van der Waals surface area contributed by atoms with Gasteiger partial charge in [0.15, 0.2) is 0 Å². The summed E-state index contributed by atoms with van der Waals surface area (Å²) in [5, 5.41) is 10.8. The van der Waals surface area contributed by atoms with E-state index in [1.165, 1.54) is 29.3 Å². The third-order valence-electron chi connectivity index (χ3n) is 3.56. The van der Waals surface area contributed by atoms with Crippen molar-refractivity contribution in [2.24, 2.45) is 0 Å². The summed E-state index contributed by atoms with van der Waals surface area (Å²) in [5.74, 6) is -0.445. The molecule has 2 rings (SSSR count). The molecule has 2 aromatic carbocycles. The quantitative estimate of drug-likeness (QED) is 0.867. The van der Waals surface area contributed by atoms with Gasteiger partial charge in [0.25, 0.3) is 0 Å². The maximum absolute atomic E-state index is 13.8. The first-order valence-corrected chi connectivity index (χ1v) is 7.19. The molecule has 0 bridgehead atoms. The van der Waals surface area contributed by atoms with Gasteiger partial charge in [0.2, 0.25) is 0 Å². The Labute approximate surface area is 124 Å². The fourth-order valence-electron chi connectivity index (χ4n) is 2.39. The molecule has 1 N–H and O–H groups in total. The summed E-state index contributed by atoms with van der Waals surface area (Å²) in [5.41, 5.74) is 3.35. The van der Waals surface area contributed by atoms with Crippen molar-refractivity contribution in [2.75, 3.05) is 0 Å². The number of aliphatic hydroxyl groups excluding tert-OH is 1. The van der Waals surface area contributed by atoms with Crippen molar-refractivity contribution >= 4 is 11.6 Å². The maximum atomic E-state index is 13.8. The zero-order chi connectivity index (χ0) is 14.7. The molecule has 106 valence electrons. The van der Waals surface area contributed by atoms with Gasteiger partial charge in [-0.15, -0.1) is 0 Å². The largest absolute Gasteiger partial charge is 0.384 e. The molecular weight excluding hydrogens is 275 g/mol. The first-order chi connectivity index (χ1) is 9.56. The van der Waals surface area contributed by atoms with Crippen LogP contribution >= 0.6 is 11.6 Å². The molecule has 0 saturated carbocycles. The maximum Gasteiger partial charge on any atom is 0.129 e. The highest BCUT2D eigenvalue weighted by Crippen LogP contribution is 2.28. The highest BCUT2D eigenvalue weighted by Gasteiger charge is 2.16. The minimum absolute atomic E-state index is 0.212. The lowest BCUT2D eigenvalue weighted by atomic mass is 9.95. The molecule has 0 aliphatic carbocycles. The van der Waals surface area contributed by atoms with Crippen LogP contribution in [0.15, 0.2) is 36.4 Å². The summed E-state index contributed by atoms with van der Waals surface area (Å²) in [6.45, 7) is 4.17. The lowest BCUT2D eigenvalue weighted by Crippen LogP contribution is -2.04. The predicted octanol–water partition coefficient (Wildman–Crippen LogP) is 4.69. The first kappa shape index (κ1) is 15.0. The lowest BCUT2D eigenvalue weighted by Gasteiger charge is -2.15. The van der Waals surface area contributed by atoms with Crippen molar-refractivity contribution < 1.29 is 9.50 Å². The Hall–Kier alpha value is -1.38. The third-order valence-corrected chi connectivity index (χ3v) is 3.80. The summed E-state index contributed by atoms with van der Waals surface area (Å²) >= 11 is 5.88. The van der Waals surface area contributed by atoms with E-state index in [0.717, 1.165) is 12.8 Å². The molecule has 3 heteroatoms. The van der Waals surface area contributed by atoms with Crippen LogP contribution in [0.3, 0.4) is 0 Å². The number of hydrogen-bond acceptors (Lipinski definition) is 1. The third kappa shape index (κ3) is 3.02. The molecule has 20 heavy (non-hydrogen) atoms. The molecule has 1 unspecified atom stereocenters. The Kier molecular flexibility index (Phi) is 4.79. The molecule has 0 spiro atoms. The Morgan fingerprint density at radius 1 is 1.05 bits per heavy atom. The van der Waals surface area contributed by atoms with Gasteiger partial charge in [-0.05, 0) is 47.7 Å². The highest BCUT2D eigenvalue weighted by molar-refractivity contribution is 6.30. The molecule has 0 fully saturated rings. The molecule has 1 nitrogen and oxygen atoms in total. The van der Waals surface area contributed by atoms with Gasteiger partial charge in [0.1, 0.15) is 11.9 Å². The van der Waals surface area contributed by atoms with Crippen molar-refractivity contribution in [1.82, 2.24) is 0 Å². The van der Waals surface area contributed by atoms with Crippen LogP contribution in [-0.2, 0) is 12.8 Å². The fourth-order valence-corrected chi connectivity index (χ4v) is 2.57. The van der Waals surface area contributed by atoms with Crippen LogP contribution in [0.5, 0.6) is 0 Å². The number of rotatable bonds is 4. The van der Waals surface area contributed by atoms with Crippen LogP contribution in [0, 0.1) is 5.82 Å². The van der Waals surface area contributed by atoms with Gasteiger partial charge in [-0.25, -0.2) is 4.39 Å². The molecular formula is C17H18ClFO. The van der Waals surface area contributed by atoms with Crippen LogP contribution in [0.1, 0.15) is 42.2 Å². The van der Waals surface area contributed by atoms with E-state index in [4.69, 9.17) is 11.6 Å². The molecule has 0 saturated heterocycles. The Balaban J connectivity index is 2.42. The topological polar surface area (TPSA) is 20.2 Å². The van der Waals surface area contributed by atoms with E-state index < -0.39 is 11.9 Å². The van der Waals surface area contributed by atoms with Crippen molar-refractivity contribution in [2.45, 2.75) is 32.8 Å². The average Bonchev–Trinajstić information content (AvgIpc) is 2.48. The molecule has 0 aliphatic rings. The van der Waals surface area contributed by atoms with E-state index >= 15 is 0 Å². The van der Waals surface area contributed by atoms with Gasteiger partial charge in [-0.1, -0.05) is 43.6 Å². The normalized spacial score (nSPS) is 12.4. The van der Waals surface area contributed by atoms with Gasteiger partial charge in [0.05, 0.1) is 0 Å². The lowest BCUT2D eigenvalue weighted by molar-refractivity contribution is 0.215. The zero-order valence-corrected chi connectivity index (χ0v) is 12.4. The van der Waals surface area contributed by atoms with Crippen LogP contribution in [0.4, 0.5) is 4.39 Å². The number of benzene rings is 2. The Morgan fingerprint density at radius 2 is 1.75 bits per heavy atom. The molecule has 0 heterocycles. The number of halogens is 2. The molecule has 1 atom stereocenters. The average molecular weight is 293 g/mol. The van der Waals surface area contributed by atoms with E-state index in [0.29, 0.717) is 10.6 Å². The van der Waals surface area contributed by atoms with Crippen molar-refractivity contribution in [3.05, 3.63) is 69.5 Å². The van der Waals surface area contributed by atoms with E-state index in [1.54, 1.807) is 0 Å². The Morgan fingerprint density at radius 3 is 2.40 bits per heavy atom. The van der Waals surface area contributed by atoms with Gasteiger partial charge < -0.3 is 5.11 Å². The second kappa shape index (κ2) is 6.38. The van der Waals surface area contributed by atoms with Crippen LogP contribution in [0.25, 0.3) is 0 Å². The number of aryl methyl sites for hydroxylation is 2. The summed E-state index contributed by atoms with van der Waals surface area (Å²) in [6, 6.07) is 10.0. The smallest absolute Gasteiger partial charge is 0.129 e. The van der Waals surface area contributed by atoms with Gasteiger partial charge in [-0.3, -0.25) is 0 Å². The van der Waals surface area contributed by atoms with Crippen LogP contribution in [0.2, 0.25) is 5.02 Å². The summed E-state index contributed by atoms with van der Waals surface area (Å²) < 4.78 is 13.8. The minimum Gasteiger partial charge on any atom is -0.384 e. The molecule has 0 aliphatic heterocycles. The molecule has 2 aromatic rings. The predicted molar refractivity (Wildman–Crippen MR) is 80.7 cm³/mol. The first-order valence-electron chi connectivity index (χ1n) is 6.81. The van der Waals surface area contributed by atoms with Crippen molar-refractivity contribution in [3.63, 3.8) is 0 Å².